The SMILES string of the molecule is CCOC(=O)/C=C/c1cccc(N2C[C@H]3C[C@@H]2CN3C(=O)O)n1. The number of fused-ring (bicyclic) bond motifs is 2. The zero-order valence-corrected chi connectivity index (χ0v) is 12.9. The number of pyridine rings is 1. The number of rotatable bonds is 4. The van der Waals surface area contributed by atoms with E-state index in [0.717, 1.165) is 12.2 Å². The number of carboxylic acid groups (broad SMARTS) is 1. The molecule has 7 nitrogen and oxygen atoms in total. The van der Waals surface area contributed by atoms with Crippen LogP contribution >= 0.6 is 0 Å². The number of carbonyl (C=O) groups is 2. The summed E-state index contributed by atoms with van der Waals surface area (Å²) in [6.45, 7) is 3.28. The van der Waals surface area contributed by atoms with Gasteiger partial charge in [-0.3, -0.25) is 0 Å². The van der Waals surface area contributed by atoms with Crippen LogP contribution in [0.4, 0.5) is 10.6 Å². The summed E-state index contributed by atoms with van der Waals surface area (Å²) in [7, 11) is 0. The largest absolute Gasteiger partial charge is 0.465 e. The van der Waals surface area contributed by atoms with Crippen LogP contribution in [-0.4, -0.2) is 58.8 Å². The van der Waals surface area contributed by atoms with Gasteiger partial charge in [-0.2, -0.15) is 0 Å². The van der Waals surface area contributed by atoms with Crippen molar-refractivity contribution in [2.45, 2.75) is 25.4 Å². The van der Waals surface area contributed by atoms with Crippen LogP contribution in [0.3, 0.4) is 0 Å². The number of esters is 1. The van der Waals surface area contributed by atoms with Gasteiger partial charge in [0.25, 0.3) is 0 Å². The number of amides is 1. The fourth-order valence-corrected chi connectivity index (χ4v) is 3.22. The molecule has 122 valence electrons. The van der Waals surface area contributed by atoms with E-state index < -0.39 is 12.1 Å². The minimum Gasteiger partial charge on any atom is -0.465 e. The third-order valence-corrected chi connectivity index (χ3v) is 4.21. The number of likely N-dealkylation sites (tertiary alicyclic amines) is 1. The summed E-state index contributed by atoms with van der Waals surface area (Å²) in [4.78, 5) is 30.7. The molecule has 0 aromatic carbocycles. The summed E-state index contributed by atoms with van der Waals surface area (Å²) in [6.07, 6.45) is 2.98. The molecule has 1 amide bonds. The zero-order chi connectivity index (χ0) is 16.4. The Morgan fingerprint density at radius 2 is 2.22 bits per heavy atom. The average Bonchev–Trinajstić information content (AvgIpc) is 3.14. The number of ether oxygens (including phenoxy) is 1. The van der Waals surface area contributed by atoms with Crippen LogP contribution in [0, 0.1) is 0 Å². The van der Waals surface area contributed by atoms with E-state index in [-0.39, 0.29) is 12.1 Å². The molecule has 1 aromatic rings. The van der Waals surface area contributed by atoms with Crippen LogP contribution in [-0.2, 0) is 9.53 Å². The van der Waals surface area contributed by atoms with E-state index in [0.29, 0.717) is 25.4 Å². The minimum atomic E-state index is -0.851. The summed E-state index contributed by atoms with van der Waals surface area (Å²) < 4.78 is 4.84. The number of hydrogen-bond acceptors (Lipinski definition) is 5. The Morgan fingerprint density at radius 3 is 2.87 bits per heavy atom. The molecule has 7 heteroatoms. The van der Waals surface area contributed by atoms with Gasteiger partial charge in [-0.25, -0.2) is 14.6 Å². The third-order valence-electron chi connectivity index (χ3n) is 4.21. The summed E-state index contributed by atoms with van der Waals surface area (Å²) >= 11 is 0. The van der Waals surface area contributed by atoms with Crippen molar-refractivity contribution in [1.82, 2.24) is 9.88 Å². The number of carbonyl (C=O) groups excluding carboxylic acids is 1. The van der Waals surface area contributed by atoms with Gasteiger partial charge in [0.05, 0.1) is 24.4 Å². The molecule has 2 atom stereocenters. The van der Waals surface area contributed by atoms with E-state index in [9.17, 15) is 9.59 Å². The maximum atomic E-state index is 11.4. The molecule has 23 heavy (non-hydrogen) atoms. The van der Waals surface area contributed by atoms with Gasteiger partial charge in [0, 0.05) is 19.2 Å². The Kier molecular flexibility index (Phi) is 4.18. The lowest BCUT2D eigenvalue weighted by atomic mass is 10.2. The predicted molar refractivity (Wildman–Crippen MR) is 84.2 cm³/mol. The highest BCUT2D eigenvalue weighted by molar-refractivity contribution is 5.86. The molecule has 0 unspecified atom stereocenters. The first-order valence-electron chi connectivity index (χ1n) is 7.66. The summed E-state index contributed by atoms with van der Waals surface area (Å²) in [6, 6.07) is 5.82. The average molecular weight is 317 g/mol. The van der Waals surface area contributed by atoms with Gasteiger partial charge in [-0.05, 0) is 31.6 Å². The van der Waals surface area contributed by atoms with Crippen molar-refractivity contribution in [1.29, 1.82) is 0 Å². The lowest BCUT2D eigenvalue weighted by Crippen LogP contribution is -2.48. The van der Waals surface area contributed by atoms with Crippen molar-refractivity contribution in [2.24, 2.45) is 0 Å². The first-order chi connectivity index (χ1) is 11.1. The van der Waals surface area contributed by atoms with Gasteiger partial charge in [0.1, 0.15) is 5.82 Å². The lowest BCUT2D eigenvalue weighted by Gasteiger charge is -2.33. The van der Waals surface area contributed by atoms with Gasteiger partial charge in [-0.1, -0.05) is 6.07 Å². The molecule has 2 saturated heterocycles. The molecule has 0 aliphatic carbocycles. The number of anilines is 1. The van der Waals surface area contributed by atoms with Crippen LogP contribution in [0.2, 0.25) is 0 Å². The van der Waals surface area contributed by atoms with Crippen LogP contribution in [0.25, 0.3) is 6.08 Å². The van der Waals surface area contributed by atoms with Crippen molar-refractivity contribution in [2.75, 3.05) is 24.6 Å². The molecule has 0 radical (unpaired) electrons. The first-order valence-corrected chi connectivity index (χ1v) is 7.66. The van der Waals surface area contributed by atoms with E-state index in [1.54, 1.807) is 13.0 Å². The van der Waals surface area contributed by atoms with Gasteiger partial charge >= 0.3 is 12.1 Å². The maximum Gasteiger partial charge on any atom is 0.407 e. The molecule has 3 rings (SSSR count). The predicted octanol–water partition coefficient (Wildman–Crippen LogP) is 1.60. The highest BCUT2D eigenvalue weighted by atomic mass is 16.5. The highest BCUT2D eigenvalue weighted by Gasteiger charge is 2.45. The molecular weight excluding hydrogens is 298 g/mol. The maximum absolute atomic E-state index is 11.4. The standard InChI is InChI=1S/C16H19N3O4/c1-2-23-15(20)7-6-11-4-3-5-14(17-11)18-9-13-8-12(18)10-19(13)16(21)22/h3-7,12-13H,2,8-10H2,1H3,(H,21,22)/b7-6+/t12-,13-/m1/s1. The Balaban J connectivity index is 1.70. The molecular formula is C16H19N3O4. The summed E-state index contributed by atoms with van der Waals surface area (Å²) in [5.74, 6) is 0.422. The second kappa shape index (κ2) is 6.28. The third kappa shape index (κ3) is 3.13. The number of aromatic nitrogens is 1. The molecule has 1 aromatic heterocycles. The quantitative estimate of drug-likeness (QED) is 0.671. The van der Waals surface area contributed by atoms with Gasteiger partial charge in [0.15, 0.2) is 0 Å². The highest BCUT2D eigenvalue weighted by Crippen LogP contribution is 2.33. The van der Waals surface area contributed by atoms with Crippen LogP contribution < -0.4 is 4.90 Å². The summed E-state index contributed by atoms with van der Waals surface area (Å²) in [5, 5.41) is 9.14. The Labute approximate surface area is 134 Å². The van der Waals surface area contributed by atoms with Gasteiger partial charge in [-0.15, -0.1) is 0 Å². The van der Waals surface area contributed by atoms with E-state index in [1.807, 2.05) is 18.2 Å². The van der Waals surface area contributed by atoms with Gasteiger partial charge in [0.2, 0.25) is 0 Å². The number of piperazine rings is 1. The molecule has 0 spiro atoms. The normalized spacial score (nSPS) is 22.8. The van der Waals surface area contributed by atoms with Crippen molar-refractivity contribution >= 4 is 24.0 Å². The molecule has 2 bridgehead atoms. The monoisotopic (exact) mass is 317 g/mol. The Morgan fingerprint density at radius 1 is 1.39 bits per heavy atom. The van der Waals surface area contributed by atoms with E-state index in [2.05, 4.69) is 9.88 Å². The van der Waals surface area contributed by atoms with Gasteiger partial charge < -0.3 is 19.6 Å². The van der Waals surface area contributed by atoms with Crippen LogP contribution in [0.15, 0.2) is 24.3 Å². The molecule has 0 saturated carbocycles. The zero-order valence-electron chi connectivity index (χ0n) is 12.9. The second-order valence-electron chi connectivity index (χ2n) is 5.64. The van der Waals surface area contributed by atoms with Crippen LogP contribution in [0.1, 0.15) is 19.0 Å². The van der Waals surface area contributed by atoms with E-state index in [4.69, 9.17) is 9.84 Å². The fraction of sp³-hybridized carbons (Fsp3) is 0.438. The Hall–Kier alpha value is -2.57. The topological polar surface area (TPSA) is 83.0 Å². The molecule has 3 heterocycles. The van der Waals surface area contributed by atoms with Crippen molar-refractivity contribution in [3.63, 3.8) is 0 Å². The van der Waals surface area contributed by atoms with E-state index in [1.165, 1.54) is 11.0 Å². The van der Waals surface area contributed by atoms with Crippen molar-refractivity contribution in [3.05, 3.63) is 30.0 Å². The minimum absolute atomic E-state index is 0.0398. The summed E-state index contributed by atoms with van der Waals surface area (Å²) in [5.41, 5.74) is 0.674. The lowest BCUT2D eigenvalue weighted by molar-refractivity contribution is -0.137. The molecule has 2 aliphatic heterocycles. The smallest absolute Gasteiger partial charge is 0.407 e. The second-order valence-corrected chi connectivity index (χ2v) is 5.64. The number of nitrogens with zero attached hydrogens (tertiary/aromatic N) is 3. The number of hydrogen-bond donors (Lipinski definition) is 1. The van der Waals surface area contributed by atoms with Crippen molar-refractivity contribution < 1.29 is 19.4 Å². The Bertz CT molecular complexity index is 646. The fourth-order valence-electron chi connectivity index (χ4n) is 3.22. The first kappa shape index (κ1) is 15.3. The van der Waals surface area contributed by atoms with E-state index >= 15 is 0 Å². The molecule has 1 N–H and O–H groups in total. The van der Waals surface area contributed by atoms with Crippen LogP contribution in [0.5, 0.6) is 0 Å². The van der Waals surface area contributed by atoms with Crippen molar-refractivity contribution in [3.8, 4) is 0 Å². The molecule has 2 fully saturated rings. The molecule has 2 aliphatic rings.